The van der Waals surface area contributed by atoms with Crippen molar-refractivity contribution in [1.82, 2.24) is 4.98 Å². The van der Waals surface area contributed by atoms with Crippen molar-refractivity contribution in [2.75, 3.05) is 14.2 Å². The van der Waals surface area contributed by atoms with Crippen molar-refractivity contribution in [3.8, 4) is 11.6 Å². The molecule has 0 aliphatic heterocycles. The minimum absolute atomic E-state index is 0.168. The molecule has 0 radical (unpaired) electrons. The van der Waals surface area contributed by atoms with E-state index in [1.807, 2.05) is 0 Å². The van der Waals surface area contributed by atoms with E-state index in [-0.39, 0.29) is 21.7 Å². The molecule has 78 valence electrons. The third kappa shape index (κ3) is 1.95. The Morgan fingerprint density at radius 3 is 2.43 bits per heavy atom. The number of hydrogen-bond donors (Lipinski definition) is 0. The first kappa shape index (κ1) is 11.2. The van der Waals surface area contributed by atoms with E-state index in [0.717, 1.165) is 6.20 Å². The van der Waals surface area contributed by atoms with Crippen LogP contribution in [0, 0.1) is 0 Å². The van der Waals surface area contributed by atoms with Crippen LogP contribution in [-0.4, -0.2) is 19.2 Å². The van der Waals surface area contributed by atoms with Gasteiger partial charge < -0.3 is 9.47 Å². The molecule has 1 aromatic rings. The zero-order chi connectivity index (χ0) is 10.7. The molecule has 1 rings (SSSR count). The standard InChI is InChI=1S/C8H8BrF2NO2/c1-13-6-5(9)4(7(10)11)3-12-8(6)14-2/h3,7H,1-2H3. The molecule has 6 heteroatoms. The van der Waals surface area contributed by atoms with Crippen LogP contribution in [0.5, 0.6) is 11.6 Å². The van der Waals surface area contributed by atoms with Crippen LogP contribution in [-0.2, 0) is 0 Å². The van der Waals surface area contributed by atoms with Crippen LogP contribution in [0.2, 0.25) is 0 Å². The predicted molar refractivity (Wildman–Crippen MR) is 50.0 cm³/mol. The van der Waals surface area contributed by atoms with E-state index >= 15 is 0 Å². The first-order valence-corrected chi connectivity index (χ1v) is 4.45. The van der Waals surface area contributed by atoms with Gasteiger partial charge in [-0.3, -0.25) is 0 Å². The number of alkyl halides is 2. The van der Waals surface area contributed by atoms with Crippen LogP contribution in [0.1, 0.15) is 12.0 Å². The van der Waals surface area contributed by atoms with E-state index in [1.54, 1.807) is 0 Å². The number of halogens is 3. The molecular weight excluding hydrogens is 260 g/mol. The third-order valence-corrected chi connectivity index (χ3v) is 2.42. The van der Waals surface area contributed by atoms with Gasteiger partial charge in [-0.25, -0.2) is 13.8 Å². The zero-order valence-electron chi connectivity index (χ0n) is 7.55. The van der Waals surface area contributed by atoms with Crippen molar-refractivity contribution in [3.63, 3.8) is 0 Å². The quantitative estimate of drug-likeness (QED) is 0.844. The van der Waals surface area contributed by atoms with Crippen molar-refractivity contribution in [3.05, 3.63) is 16.2 Å². The molecule has 14 heavy (non-hydrogen) atoms. The molecule has 0 aliphatic carbocycles. The predicted octanol–water partition coefficient (Wildman–Crippen LogP) is 2.80. The molecule has 3 nitrogen and oxygen atoms in total. The van der Waals surface area contributed by atoms with E-state index in [0.29, 0.717) is 0 Å². The van der Waals surface area contributed by atoms with Crippen molar-refractivity contribution >= 4 is 15.9 Å². The monoisotopic (exact) mass is 267 g/mol. The molecule has 1 aromatic heterocycles. The molecular formula is C8H8BrF2NO2. The summed E-state index contributed by atoms with van der Waals surface area (Å²) in [6.45, 7) is 0. The molecule has 0 unspecified atom stereocenters. The van der Waals surface area contributed by atoms with Crippen LogP contribution >= 0.6 is 15.9 Å². The summed E-state index contributed by atoms with van der Waals surface area (Å²) in [6.07, 6.45) is -1.55. The molecule has 0 saturated carbocycles. The first-order chi connectivity index (χ1) is 6.61. The smallest absolute Gasteiger partial charge is 0.266 e. The van der Waals surface area contributed by atoms with Gasteiger partial charge in [0.15, 0.2) is 5.75 Å². The summed E-state index contributed by atoms with van der Waals surface area (Å²) in [5, 5.41) is 0. The summed E-state index contributed by atoms with van der Waals surface area (Å²) in [4.78, 5) is 3.69. The summed E-state index contributed by atoms with van der Waals surface area (Å²) in [6, 6.07) is 0. The van der Waals surface area contributed by atoms with Gasteiger partial charge in [-0.2, -0.15) is 0 Å². The van der Waals surface area contributed by atoms with Crippen molar-refractivity contribution in [2.24, 2.45) is 0 Å². The van der Waals surface area contributed by atoms with Gasteiger partial charge in [-0.05, 0) is 15.9 Å². The Balaban J connectivity index is 3.27. The maximum absolute atomic E-state index is 12.4. The highest BCUT2D eigenvalue weighted by molar-refractivity contribution is 9.10. The second-order valence-corrected chi connectivity index (χ2v) is 3.16. The first-order valence-electron chi connectivity index (χ1n) is 3.66. The summed E-state index contributed by atoms with van der Waals surface area (Å²) in [5.41, 5.74) is -0.220. The Hall–Kier alpha value is -0.910. The molecule has 0 N–H and O–H groups in total. The number of aromatic nitrogens is 1. The topological polar surface area (TPSA) is 31.4 Å². The van der Waals surface area contributed by atoms with E-state index in [9.17, 15) is 8.78 Å². The summed E-state index contributed by atoms with van der Waals surface area (Å²) in [5.74, 6) is 0.342. The number of ether oxygens (including phenoxy) is 2. The molecule has 0 bridgehead atoms. The summed E-state index contributed by atoms with van der Waals surface area (Å²) < 4.78 is 34.7. The van der Waals surface area contributed by atoms with E-state index in [4.69, 9.17) is 9.47 Å². The van der Waals surface area contributed by atoms with E-state index in [1.165, 1.54) is 14.2 Å². The van der Waals surface area contributed by atoms with E-state index in [2.05, 4.69) is 20.9 Å². The lowest BCUT2D eigenvalue weighted by Gasteiger charge is -2.10. The van der Waals surface area contributed by atoms with Gasteiger partial charge in [0.05, 0.1) is 24.3 Å². The van der Waals surface area contributed by atoms with Crippen LogP contribution in [0.25, 0.3) is 0 Å². The van der Waals surface area contributed by atoms with Crippen molar-refractivity contribution in [1.29, 1.82) is 0 Å². The molecule has 0 saturated heterocycles. The molecule has 1 heterocycles. The van der Waals surface area contributed by atoms with Gasteiger partial charge in [0.1, 0.15) is 0 Å². The second-order valence-electron chi connectivity index (χ2n) is 2.37. The lowest BCUT2D eigenvalue weighted by atomic mass is 10.3. The fourth-order valence-corrected chi connectivity index (χ4v) is 1.55. The van der Waals surface area contributed by atoms with Gasteiger partial charge in [0.25, 0.3) is 12.3 Å². The van der Waals surface area contributed by atoms with Gasteiger partial charge in [-0.15, -0.1) is 0 Å². The third-order valence-electron chi connectivity index (χ3n) is 1.60. The normalized spacial score (nSPS) is 10.4. The Kier molecular flexibility index (Phi) is 3.62. The maximum atomic E-state index is 12.4. The fourth-order valence-electron chi connectivity index (χ4n) is 0.943. The molecule has 0 aliphatic rings. The highest BCUT2D eigenvalue weighted by Gasteiger charge is 2.19. The van der Waals surface area contributed by atoms with Crippen LogP contribution in [0.4, 0.5) is 8.78 Å². The van der Waals surface area contributed by atoms with Gasteiger partial charge in [0, 0.05) is 6.20 Å². The summed E-state index contributed by atoms with van der Waals surface area (Å²) in [7, 11) is 2.75. The average molecular weight is 268 g/mol. The van der Waals surface area contributed by atoms with Crippen LogP contribution in [0.15, 0.2) is 10.7 Å². The number of methoxy groups -OCH3 is 2. The Morgan fingerprint density at radius 2 is 2.00 bits per heavy atom. The van der Waals surface area contributed by atoms with Gasteiger partial charge >= 0.3 is 0 Å². The highest BCUT2D eigenvalue weighted by atomic mass is 79.9. The molecule has 0 atom stereocenters. The number of nitrogens with zero attached hydrogens (tertiary/aromatic N) is 1. The average Bonchev–Trinajstić information content (AvgIpc) is 2.16. The van der Waals surface area contributed by atoms with Gasteiger partial charge in [0.2, 0.25) is 0 Å². The Morgan fingerprint density at radius 1 is 1.36 bits per heavy atom. The van der Waals surface area contributed by atoms with Crippen molar-refractivity contribution in [2.45, 2.75) is 6.43 Å². The highest BCUT2D eigenvalue weighted by Crippen LogP contribution is 2.39. The maximum Gasteiger partial charge on any atom is 0.266 e. The SMILES string of the molecule is COc1ncc(C(F)F)c(Br)c1OC. The molecule has 0 spiro atoms. The fraction of sp³-hybridized carbons (Fsp3) is 0.375. The lowest BCUT2D eigenvalue weighted by molar-refractivity contribution is 0.149. The Bertz CT molecular complexity index is 333. The summed E-state index contributed by atoms with van der Waals surface area (Å²) >= 11 is 3.01. The minimum atomic E-state index is -2.60. The lowest BCUT2D eigenvalue weighted by Crippen LogP contribution is -1.98. The molecule has 0 aromatic carbocycles. The van der Waals surface area contributed by atoms with Gasteiger partial charge in [-0.1, -0.05) is 0 Å². The molecule has 0 fully saturated rings. The van der Waals surface area contributed by atoms with Crippen LogP contribution in [0.3, 0.4) is 0 Å². The van der Waals surface area contributed by atoms with E-state index < -0.39 is 6.43 Å². The number of hydrogen-bond acceptors (Lipinski definition) is 3. The van der Waals surface area contributed by atoms with Crippen molar-refractivity contribution < 1.29 is 18.3 Å². The number of pyridine rings is 1. The zero-order valence-corrected chi connectivity index (χ0v) is 9.14. The Labute approximate surface area is 88.2 Å². The van der Waals surface area contributed by atoms with Crippen LogP contribution < -0.4 is 9.47 Å². The minimum Gasteiger partial charge on any atom is -0.490 e. The number of rotatable bonds is 3. The largest absolute Gasteiger partial charge is 0.490 e. The second kappa shape index (κ2) is 4.54. The molecule has 0 amide bonds.